The van der Waals surface area contributed by atoms with E-state index in [0.29, 0.717) is 16.5 Å². The van der Waals surface area contributed by atoms with E-state index in [1.54, 1.807) is 18.3 Å². The third-order valence-electron chi connectivity index (χ3n) is 4.50. The number of carbonyl (C=O) groups is 2. The summed E-state index contributed by atoms with van der Waals surface area (Å²) in [5, 5.41) is 6.76. The van der Waals surface area contributed by atoms with Crippen molar-refractivity contribution in [2.45, 2.75) is 13.8 Å². The van der Waals surface area contributed by atoms with E-state index < -0.39 is 11.8 Å². The minimum atomic E-state index is -0.393. The molecule has 0 N–H and O–H groups in total. The van der Waals surface area contributed by atoms with Crippen LogP contribution in [0.25, 0.3) is 10.8 Å². The van der Waals surface area contributed by atoms with Gasteiger partial charge in [0.1, 0.15) is 0 Å². The normalized spacial score (nSPS) is 13.9. The fraction of sp³-hybridized carbons (Fsp3) is 0.0952. The van der Waals surface area contributed by atoms with Gasteiger partial charge in [0.25, 0.3) is 11.8 Å². The Morgan fingerprint density at radius 2 is 1.52 bits per heavy atom. The predicted octanol–water partition coefficient (Wildman–Crippen LogP) is 4.09. The molecule has 0 spiro atoms. The Morgan fingerprint density at radius 1 is 0.880 bits per heavy atom. The molecule has 1 aliphatic rings. The second-order valence-corrected chi connectivity index (χ2v) is 6.24. The summed E-state index contributed by atoms with van der Waals surface area (Å²) in [6.07, 6.45) is 1.58. The predicted molar refractivity (Wildman–Crippen MR) is 98.0 cm³/mol. The summed E-state index contributed by atoms with van der Waals surface area (Å²) in [7, 11) is 0. The standard InChI is InChI=1S/C21H16N2O2/c1-13-9-10-14(2)16(11-13)12-22-23-20(24)17-7-3-5-15-6-4-8-18(19(15)17)21(23)25/h3-12H,1-2H3/b22-12-. The summed E-state index contributed by atoms with van der Waals surface area (Å²) in [4.78, 5) is 25.6. The SMILES string of the molecule is Cc1ccc(C)c(/C=N\N2C(=O)c3cccc4cccc(c34)C2=O)c1. The first kappa shape index (κ1) is 15.3. The van der Waals surface area contributed by atoms with Gasteiger partial charge in [0, 0.05) is 5.39 Å². The maximum Gasteiger partial charge on any atom is 0.282 e. The van der Waals surface area contributed by atoms with Gasteiger partial charge in [-0.3, -0.25) is 9.59 Å². The molecule has 0 aliphatic carbocycles. The van der Waals surface area contributed by atoms with Crippen LogP contribution in [0.5, 0.6) is 0 Å². The van der Waals surface area contributed by atoms with Gasteiger partial charge in [-0.2, -0.15) is 10.1 Å². The van der Waals surface area contributed by atoms with E-state index in [2.05, 4.69) is 5.10 Å². The summed E-state index contributed by atoms with van der Waals surface area (Å²) in [6.45, 7) is 3.96. The van der Waals surface area contributed by atoms with Gasteiger partial charge < -0.3 is 0 Å². The van der Waals surface area contributed by atoms with E-state index in [0.717, 1.165) is 27.1 Å². The summed E-state index contributed by atoms with van der Waals surface area (Å²) in [5.41, 5.74) is 4.03. The third kappa shape index (κ3) is 2.43. The number of hydrogen-bond acceptors (Lipinski definition) is 3. The Morgan fingerprint density at radius 3 is 2.16 bits per heavy atom. The molecule has 0 aromatic heterocycles. The zero-order valence-corrected chi connectivity index (χ0v) is 14.0. The van der Waals surface area contributed by atoms with Crippen molar-refractivity contribution in [3.8, 4) is 0 Å². The molecule has 1 heterocycles. The van der Waals surface area contributed by atoms with Gasteiger partial charge in [-0.25, -0.2) is 0 Å². The second-order valence-electron chi connectivity index (χ2n) is 6.24. The molecule has 2 amide bonds. The van der Waals surface area contributed by atoms with Crippen molar-refractivity contribution in [1.82, 2.24) is 5.01 Å². The zero-order chi connectivity index (χ0) is 17.6. The molecule has 3 aromatic carbocycles. The Hall–Kier alpha value is -3.27. The van der Waals surface area contributed by atoms with Crippen LogP contribution in [0.1, 0.15) is 37.4 Å². The van der Waals surface area contributed by atoms with Gasteiger partial charge in [-0.15, -0.1) is 0 Å². The minimum Gasteiger partial charge on any atom is -0.267 e. The van der Waals surface area contributed by atoms with Crippen molar-refractivity contribution in [2.75, 3.05) is 0 Å². The molecular formula is C21H16N2O2. The van der Waals surface area contributed by atoms with Crippen LogP contribution in [0, 0.1) is 13.8 Å². The molecule has 4 heteroatoms. The fourth-order valence-corrected chi connectivity index (χ4v) is 3.14. The summed E-state index contributed by atoms with van der Waals surface area (Å²) in [6, 6.07) is 16.9. The number of hydrazone groups is 1. The Kier molecular flexibility index (Phi) is 3.46. The van der Waals surface area contributed by atoms with Crippen LogP contribution in [0.3, 0.4) is 0 Å². The van der Waals surface area contributed by atoms with Crippen LogP contribution in [0.2, 0.25) is 0 Å². The highest BCUT2D eigenvalue weighted by Gasteiger charge is 2.32. The zero-order valence-electron chi connectivity index (χ0n) is 14.0. The smallest absolute Gasteiger partial charge is 0.267 e. The molecule has 0 saturated carbocycles. The van der Waals surface area contributed by atoms with Gasteiger partial charge in [-0.1, -0.05) is 48.0 Å². The maximum absolute atomic E-state index is 12.8. The molecule has 25 heavy (non-hydrogen) atoms. The maximum atomic E-state index is 12.8. The van der Waals surface area contributed by atoms with E-state index in [9.17, 15) is 9.59 Å². The van der Waals surface area contributed by atoms with Crippen molar-refractivity contribution < 1.29 is 9.59 Å². The summed E-state index contributed by atoms with van der Waals surface area (Å²) in [5.74, 6) is -0.785. The number of amides is 2. The van der Waals surface area contributed by atoms with Gasteiger partial charge in [0.2, 0.25) is 0 Å². The monoisotopic (exact) mass is 328 g/mol. The Labute approximate surface area is 145 Å². The van der Waals surface area contributed by atoms with Crippen LogP contribution in [0.15, 0.2) is 59.7 Å². The van der Waals surface area contributed by atoms with Crippen molar-refractivity contribution >= 4 is 28.8 Å². The lowest BCUT2D eigenvalue weighted by molar-refractivity contribution is 0.0616. The Bertz CT molecular complexity index is 1020. The number of carbonyl (C=O) groups excluding carboxylic acids is 2. The Balaban J connectivity index is 1.80. The van der Waals surface area contributed by atoms with Crippen LogP contribution in [-0.2, 0) is 0 Å². The van der Waals surface area contributed by atoms with Crippen molar-refractivity contribution in [2.24, 2.45) is 5.10 Å². The fourth-order valence-electron chi connectivity index (χ4n) is 3.14. The first-order valence-corrected chi connectivity index (χ1v) is 8.08. The first-order valence-electron chi connectivity index (χ1n) is 8.08. The van der Waals surface area contributed by atoms with E-state index in [4.69, 9.17) is 0 Å². The number of rotatable bonds is 2. The first-order chi connectivity index (χ1) is 12.1. The van der Waals surface area contributed by atoms with E-state index >= 15 is 0 Å². The average molecular weight is 328 g/mol. The van der Waals surface area contributed by atoms with E-state index in [-0.39, 0.29) is 0 Å². The van der Waals surface area contributed by atoms with Crippen molar-refractivity contribution in [1.29, 1.82) is 0 Å². The van der Waals surface area contributed by atoms with Crippen LogP contribution in [0.4, 0.5) is 0 Å². The molecule has 0 bridgehead atoms. The van der Waals surface area contributed by atoms with Crippen LogP contribution in [-0.4, -0.2) is 23.0 Å². The number of benzene rings is 3. The lowest BCUT2D eigenvalue weighted by atomic mass is 9.95. The molecule has 122 valence electrons. The van der Waals surface area contributed by atoms with Crippen molar-refractivity contribution in [3.05, 3.63) is 82.4 Å². The number of imide groups is 1. The summed E-state index contributed by atoms with van der Waals surface area (Å²) < 4.78 is 0. The molecule has 0 unspecified atom stereocenters. The second kappa shape index (κ2) is 5.67. The van der Waals surface area contributed by atoms with Gasteiger partial charge >= 0.3 is 0 Å². The molecule has 0 fully saturated rings. The molecule has 1 aliphatic heterocycles. The largest absolute Gasteiger partial charge is 0.282 e. The average Bonchev–Trinajstić information content (AvgIpc) is 2.62. The minimum absolute atomic E-state index is 0.393. The lowest BCUT2D eigenvalue weighted by Crippen LogP contribution is -2.36. The quantitative estimate of drug-likeness (QED) is 0.525. The molecule has 0 radical (unpaired) electrons. The molecular weight excluding hydrogens is 312 g/mol. The summed E-state index contributed by atoms with van der Waals surface area (Å²) >= 11 is 0. The lowest BCUT2D eigenvalue weighted by Gasteiger charge is -2.23. The van der Waals surface area contributed by atoms with E-state index in [1.165, 1.54) is 0 Å². The van der Waals surface area contributed by atoms with Gasteiger partial charge in [-0.05, 0) is 42.5 Å². The number of nitrogens with zero attached hydrogens (tertiary/aromatic N) is 2. The molecule has 0 saturated heterocycles. The van der Waals surface area contributed by atoms with Crippen LogP contribution < -0.4 is 0 Å². The highest BCUT2D eigenvalue weighted by atomic mass is 16.2. The number of hydrogen-bond donors (Lipinski definition) is 0. The molecule has 4 nitrogen and oxygen atoms in total. The number of aryl methyl sites for hydroxylation is 2. The van der Waals surface area contributed by atoms with Crippen LogP contribution >= 0.6 is 0 Å². The van der Waals surface area contributed by atoms with E-state index in [1.807, 2.05) is 56.3 Å². The van der Waals surface area contributed by atoms with Gasteiger partial charge in [0.15, 0.2) is 0 Å². The highest BCUT2D eigenvalue weighted by molar-refractivity contribution is 6.25. The highest BCUT2D eigenvalue weighted by Crippen LogP contribution is 2.30. The van der Waals surface area contributed by atoms with Crippen molar-refractivity contribution in [3.63, 3.8) is 0 Å². The third-order valence-corrected chi connectivity index (χ3v) is 4.50. The molecule has 4 rings (SSSR count). The molecule has 3 aromatic rings. The molecule has 0 atom stereocenters. The van der Waals surface area contributed by atoms with Gasteiger partial charge in [0.05, 0.1) is 17.3 Å². The topological polar surface area (TPSA) is 49.7 Å².